The Morgan fingerprint density at radius 2 is 1.80 bits per heavy atom. The number of carbonyl (C=O) groups is 2. The molecule has 0 fully saturated rings. The zero-order valence-electron chi connectivity index (χ0n) is 10.7. The number of phenols is 1. The van der Waals surface area contributed by atoms with Crippen LogP contribution in [0.15, 0.2) is 48.5 Å². The fourth-order valence-corrected chi connectivity index (χ4v) is 1.77. The Bertz CT molecular complexity index is 639. The first kappa shape index (κ1) is 13.6. The van der Waals surface area contributed by atoms with E-state index >= 15 is 0 Å². The number of primary amides is 1. The predicted molar refractivity (Wildman–Crippen MR) is 75.4 cm³/mol. The molecular formula is C15H14N2O3. The van der Waals surface area contributed by atoms with Crippen molar-refractivity contribution in [3.63, 3.8) is 0 Å². The van der Waals surface area contributed by atoms with Crippen molar-refractivity contribution in [2.24, 2.45) is 5.73 Å². The maximum atomic E-state index is 11.8. The van der Waals surface area contributed by atoms with E-state index in [4.69, 9.17) is 5.73 Å². The third-order valence-electron chi connectivity index (χ3n) is 2.76. The maximum Gasteiger partial charge on any atom is 0.248 e. The van der Waals surface area contributed by atoms with Crippen molar-refractivity contribution in [3.05, 3.63) is 59.7 Å². The minimum absolute atomic E-state index is 0.184. The van der Waals surface area contributed by atoms with Crippen molar-refractivity contribution in [1.82, 2.24) is 0 Å². The number of benzene rings is 2. The molecule has 2 rings (SSSR count). The molecule has 0 aromatic heterocycles. The van der Waals surface area contributed by atoms with E-state index in [9.17, 15) is 14.7 Å². The summed E-state index contributed by atoms with van der Waals surface area (Å²) in [5, 5.41) is 12.3. The van der Waals surface area contributed by atoms with Crippen molar-refractivity contribution < 1.29 is 14.7 Å². The number of anilines is 1. The molecule has 0 atom stereocenters. The topological polar surface area (TPSA) is 92.4 Å². The summed E-state index contributed by atoms with van der Waals surface area (Å²) >= 11 is 0. The molecule has 0 aliphatic rings. The molecule has 2 aromatic rings. The molecule has 4 N–H and O–H groups in total. The van der Waals surface area contributed by atoms with Gasteiger partial charge in [-0.05, 0) is 23.8 Å². The number of carbonyl (C=O) groups excluding carboxylic acids is 2. The number of hydrogen-bond acceptors (Lipinski definition) is 3. The van der Waals surface area contributed by atoms with E-state index in [2.05, 4.69) is 5.32 Å². The molecule has 5 heteroatoms. The molecule has 0 spiro atoms. The second-order valence-corrected chi connectivity index (χ2v) is 4.31. The van der Waals surface area contributed by atoms with Gasteiger partial charge in [0.15, 0.2) is 0 Å². The van der Waals surface area contributed by atoms with Gasteiger partial charge in [-0.1, -0.05) is 30.3 Å². The van der Waals surface area contributed by atoms with E-state index in [1.165, 1.54) is 18.2 Å². The van der Waals surface area contributed by atoms with Crippen molar-refractivity contribution in [1.29, 1.82) is 0 Å². The van der Waals surface area contributed by atoms with E-state index < -0.39 is 5.91 Å². The summed E-state index contributed by atoms with van der Waals surface area (Å²) in [6.07, 6.45) is 0.206. The normalized spacial score (nSPS) is 10.0. The summed E-state index contributed by atoms with van der Waals surface area (Å²) in [6, 6.07) is 13.4. The van der Waals surface area contributed by atoms with Crippen LogP contribution in [0.25, 0.3) is 0 Å². The molecule has 0 radical (unpaired) electrons. The van der Waals surface area contributed by atoms with Crippen LogP contribution in [0, 0.1) is 0 Å². The van der Waals surface area contributed by atoms with Crippen LogP contribution >= 0.6 is 0 Å². The number of phenolic OH excluding ortho intramolecular Hbond substituents is 1. The molecule has 2 aromatic carbocycles. The molecule has 5 nitrogen and oxygen atoms in total. The molecule has 0 unspecified atom stereocenters. The third-order valence-corrected chi connectivity index (χ3v) is 2.76. The van der Waals surface area contributed by atoms with Gasteiger partial charge in [-0.25, -0.2) is 0 Å². The Balaban J connectivity index is 2.06. The Labute approximate surface area is 116 Å². The lowest BCUT2D eigenvalue weighted by Crippen LogP contribution is -2.15. The fourth-order valence-electron chi connectivity index (χ4n) is 1.77. The van der Waals surface area contributed by atoms with Gasteiger partial charge in [0.2, 0.25) is 11.8 Å². The second kappa shape index (κ2) is 5.88. The van der Waals surface area contributed by atoms with Gasteiger partial charge < -0.3 is 16.2 Å². The first-order chi connectivity index (χ1) is 9.56. The van der Waals surface area contributed by atoms with Crippen molar-refractivity contribution >= 4 is 17.5 Å². The molecule has 0 aliphatic heterocycles. The lowest BCUT2D eigenvalue weighted by molar-refractivity contribution is -0.115. The van der Waals surface area contributed by atoms with E-state index in [1.54, 1.807) is 0 Å². The van der Waals surface area contributed by atoms with Gasteiger partial charge in [-0.3, -0.25) is 9.59 Å². The highest BCUT2D eigenvalue weighted by atomic mass is 16.3. The average Bonchev–Trinajstić information content (AvgIpc) is 2.42. The van der Waals surface area contributed by atoms with Gasteiger partial charge in [0.1, 0.15) is 5.75 Å². The van der Waals surface area contributed by atoms with Crippen LogP contribution in [-0.4, -0.2) is 16.9 Å². The summed E-state index contributed by atoms with van der Waals surface area (Å²) in [4.78, 5) is 22.8. The largest absolute Gasteiger partial charge is 0.506 e. The second-order valence-electron chi connectivity index (χ2n) is 4.31. The van der Waals surface area contributed by atoms with E-state index in [0.717, 1.165) is 5.56 Å². The first-order valence-corrected chi connectivity index (χ1v) is 6.03. The zero-order chi connectivity index (χ0) is 14.5. The minimum Gasteiger partial charge on any atom is -0.506 e. The van der Waals surface area contributed by atoms with Crippen molar-refractivity contribution in [2.45, 2.75) is 6.42 Å². The van der Waals surface area contributed by atoms with E-state index in [0.29, 0.717) is 0 Å². The lowest BCUT2D eigenvalue weighted by atomic mass is 10.1. The SMILES string of the molecule is NC(=O)c1ccc(NC(=O)Cc2ccccc2)c(O)c1. The Morgan fingerprint density at radius 3 is 2.40 bits per heavy atom. The first-order valence-electron chi connectivity index (χ1n) is 6.03. The van der Waals surface area contributed by atoms with Crippen molar-refractivity contribution in [3.8, 4) is 5.75 Å². The molecule has 0 bridgehead atoms. The third kappa shape index (κ3) is 3.35. The molecular weight excluding hydrogens is 256 g/mol. The lowest BCUT2D eigenvalue weighted by Gasteiger charge is -2.08. The van der Waals surface area contributed by atoms with Gasteiger partial charge >= 0.3 is 0 Å². The highest BCUT2D eigenvalue weighted by Crippen LogP contribution is 2.24. The summed E-state index contributed by atoms with van der Waals surface area (Å²) in [5.74, 6) is -1.08. The molecule has 0 heterocycles. The van der Waals surface area contributed by atoms with Gasteiger partial charge in [-0.2, -0.15) is 0 Å². The summed E-state index contributed by atoms with van der Waals surface area (Å²) < 4.78 is 0. The number of rotatable bonds is 4. The van der Waals surface area contributed by atoms with E-state index in [-0.39, 0.29) is 29.3 Å². The van der Waals surface area contributed by atoms with Crippen LogP contribution in [0.4, 0.5) is 5.69 Å². The monoisotopic (exact) mass is 270 g/mol. The number of nitrogens with one attached hydrogen (secondary N) is 1. The van der Waals surface area contributed by atoms with E-state index in [1.807, 2.05) is 30.3 Å². The van der Waals surface area contributed by atoms with Crippen molar-refractivity contribution in [2.75, 3.05) is 5.32 Å². The number of amides is 2. The van der Waals surface area contributed by atoms with Crippen LogP contribution in [-0.2, 0) is 11.2 Å². The molecule has 0 saturated carbocycles. The van der Waals surface area contributed by atoms with Gasteiger partial charge in [0, 0.05) is 5.56 Å². The predicted octanol–water partition coefficient (Wildman–Crippen LogP) is 1.67. The van der Waals surface area contributed by atoms with Crippen LogP contribution < -0.4 is 11.1 Å². The quantitative estimate of drug-likeness (QED) is 0.738. The van der Waals surface area contributed by atoms with Gasteiger partial charge in [0.05, 0.1) is 12.1 Å². The van der Waals surface area contributed by atoms with Crippen LogP contribution in [0.3, 0.4) is 0 Å². The smallest absolute Gasteiger partial charge is 0.248 e. The Hall–Kier alpha value is -2.82. The minimum atomic E-state index is -0.637. The molecule has 102 valence electrons. The Kier molecular flexibility index (Phi) is 4.00. The molecule has 0 saturated heterocycles. The number of aromatic hydroxyl groups is 1. The zero-order valence-corrected chi connectivity index (χ0v) is 10.7. The van der Waals surface area contributed by atoms with Crippen LogP contribution in [0.5, 0.6) is 5.75 Å². The summed E-state index contributed by atoms with van der Waals surface area (Å²) in [5.41, 5.74) is 6.40. The van der Waals surface area contributed by atoms with Gasteiger partial charge in [0.25, 0.3) is 0 Å². The molecule has 20 heavy (non-hydrogen) atoms. The molecule has 0 aliphatic carbocycles. The highest BCUT2D eigenvalue weighted by Gasteiger charge is 2.09. The van der Waals surface area contributed by atoms with Crippen LogP contribution in [0.2, 0.25) is 0 Å². The number of nitrogens with two attached hydrogens (primary N) is 1. The standard InChI is InChI=1S/C15H14N2O3/c16-15(20)11-6-7-12(13(18)9-11)17-14(19)8-10-4-2-1-3-5-10/h1-7,9,18H,8H2,(H2,16,20)(H,17,19). The molecule has 2 amide bonds. The highest BCUT2D eigenvalue weighted by molar-refractivity contribution is 5.97. The summed E-state index contributed by atoms with van der Waals surface area (Å²) in [6.45, 7) is 0. The maximum absolute atomic E-state index is 11.8. The average molecular weight is 270 g/mol. The van der Waals surface area contributed by atoms with Crippen LogP contribution in [0.1, 0.15) is 15.9 Å². The number of hydrogen-bond donors (Lipinski definition) is 3. The summed E-state index contributed by atoms with van der Waals surface area (Å²) in [7, 11) is 0. The van der Waals surface area contributed by atoms with Gasteiger partial charge in [-0.15, -0.1) is 0 Å². The fraction of sp³-hybridized carbons (Fsp3) is 0.0667. The Morgan fingerprint density at radius 1 is 1.10 bits per heavy atom.